The monoisotopic (exact) mass is 318 g/mol. The quantitative estimate of drug-likeness (QED) is 0.458. The first-order valence-corrected chi connectivity index (χ1v) is 7.30. The van der Waals surface area contributed by atoms with Gasteiger partial charge in [0.05, 0.1) is 12.2 Å². The number of anilines is 1. The van der Waals surface area contributed by atoms with E-state index in [0.717, 1.165) is 0 Å². The van der Waals surface area contributed by atoms with Crippen LogP contribution in [0.4, 0.5) is 5.69 Å². The molecule has 6 nitrogen and oxygen atoms in total. The van der Waals surface area contributed by atoms with Gasteiger partial charge in [0.1, 0.15) is 5.41 Å². The van der Waals surface area contributed by atoms with E-state index < -0.39 is 23.2 Å². The largest absolute Gasteiger partial charge is 0.462 e. The topological polar surface area (TPSA) is 84.5 Å². The van der Waals surface area contributed by atoms with E-state index in [-0.39, 0.29) is 0 Å². The molecule has 2 amide bonds. The number of rotatable bonds is 7. The molecule has 2 N–H and O–H groups in total. The molecular weight excluding hydrogens is 296 g/mol. The summed E-state index contributed by atoms with van der Waals surface area (Å²) >= 11 is 0. The third-order valence-corrected chi connectivity index (χ3v) is 3.20. The molecule has 0 saturated carbocycles. The van der Waals surface area contributed by atoms with Gasteiger partial charge in [0.2, 0.25) is 11.8 Å². The van der Waals surface area contributed by atoms with Crippen LogP contribution >= 0.6 is 0 Å². The lowest BCUT2D eigenvalue weighted by Crippen LogP contribution is -2.45. The molecule has 1 rings (SSSR count). The summed E-state index contributed by atoms with van der Waals surface area (Å²) in [5, 5.41) is 5.26. The van der Waals surface area contributed by atoms with Crippen molar-refractivity contribution in [2.75, 3.05) is 18.5 Å². The standard InChI is InChI=1S/C17H22N2O4/c1-5-11-18-15(21)17(3,4)16(22)19-13-9-7-12(8-10-13)14(20)23-6-2/h5,7-10H,1,6,11H2,2-4H3,(H,18,21)(H,19,22). The molecule has 0 aliphatic heterocycles. The van der Waals surface area contributed by atoms with Gasteiger partial charge in [-0.3, -0.25) is 9.59 Å². The fourth-order valence-electron chi connectivity index (χ4n) is 1.68. The Kier molecular flexibility index (Phi) is 6.50. The van der Waals surface area contributed by atoms with Gasteiger partial charge in [-0.2, -0.15) is 0 Å². The Hall–Kier alpha value is -2.63. The number of ether oxygens (including phenoxy) is 1. The maximum atomic E-state index is 12.3. The molecule has 0 unspecified atom stereocenters. The Labute approximate surface area is 135 Å². The van der Waals surface area contributed by atoms with Crippen molar-refractivity contribution in [3.8, 4) is 0 Å². The van der Waals surface area contributed by atoms with Crippen molar-refractivity contribution in [1.82, 2.24) is 5.32 Å². The summed E-state index contributed by atoms with van der Waals surface area (Å²) in [4.78, 5) is 35.8. The maximum absolute atomic E-state index is 12.3. The summed E-state index contributed by atoms with van der Waals surface area (Å²) in [5.74, 6) is -1.25. The van der Waals surface area contributed by atoms with E-state index in [2.05, 4.69) is 17.2 Å². The summed E-state index contributed by atoms with van der Waals surface area (Å²) in [6.07, 6.45) is 1.54. The predicted molar refractivity (Wildman–Crippen MR) is 88.0 cm³/mol. The number of amides is 2. The second-order valence-corrected chi connectivity index (χ2v) is 5.38. The van der Waals surface area contributed by atoms with Crippen molar-refractivity contribution in [3.05, 3.63) is 42.5 Å². The first-order chi connectivity index (χ1) is 10.8. The molecule has 0 bridgehead atoms. The van der Waals surface area contributed by atoms with Gasteiger partial charge in [-0.25, -0.2) is 4.79 Å². The van der Waals surface area contributed by atoms with Crippen LogP contribution in [-0.4, -0.2) is 30.9 Å². The average molecular weight is 318 g/mol. The lowest BCUT2D eigenvalue weighted by atomic mass is 9.91. The molecule has 0 spiro atoms. The molecular formula is C17H22N2O4. The Bertz CT molecular complexity index is 591. The van der Waals surface area contributed by atoms with Crippen molar-refractivity contribution in [2.24, 2.45) is 5.41 Å². The number of carbonyl (C=O) groups is 3. The molecule has 0 atom stereocenters. The second-order valence-electron chi connectivity index (χ2n) is 5.38. The lowest BCUT2D eigenvalue weighted by molar-refractivity contribution is -0.138. The van der Waals surface area contributed by atoms with Crippen molar-refractivity contribution < 1.29 is 19.1 Å². The van der Waals surface area contributed by atoms with Crippen molar-refractivity contribution >= 4 is 23.5 Å². The van der Waals surface area contributed by atoms with E-state index in [1.165, 1.54) is 13.8 Å². The average Bonchev–Trinajstić information content (AvgIpc) is 2.53. The summed E-state index contributed by atoms with van der Waals surface area (Å²) in [6, 6.07) is 6.28. The number of carbonyl (C=O) groups excluding carboxylic acids is 3. The highest BCUT2D eigenvalue weighted by atomic mass is 16.5. The number of nitrogens with one attached hydrogen (secondary N) is 2. The van der Waals surface area contributed by atoms with E-state index in [0.29, 0.717) is 24.4 Å². The van der Waals surface area contributed by atoms with Crippen LogP contribution in [0.5, 0.6) is 0 Å². The lowest BCUT2D eigenvalue weighted by Gasteiger charge is -2.22. The molecule has 0 aliphatic carbocycles. The van der Waals surface area contributed by atoms with Gasteiger partial charge in [-0.05, 0) is 45.0 Å². The Morgan fingerprint density at radius 2 is 1.78 bits per heavy atom. The molecule has 6 heteroatoms. The Balaban J connectivity index is 2.75. The molecule has 0 saturated heterocycles. The van der Waals surface area contributed by atoms with Gasteiger partial charge >= 0.3 is 5.97 Å². The van der Waals surface area contributed by atoms with Gasteiger partial charge in [0.15, 0.2) is 0 Å². The fraction of sp³-hybridized carbons (Fsp3) is 0.353. The van der Waals surface area contributed by atoms with Crippen LogP contribution in [0, 0.1) is 5.41 Å². The fourth-order valence-corrected chi connectivity index (χ4v) is 1.68. The Morgan fingerprint density at radius 3 is 2.30 bits per heavy atom. The third-order valence-electron chi connectivity index (χ3n) is 3.20. The zero-order valence-corrected chi connectivity index (χ0v) is 13.6. The minimum atomic E-state index is -1.23. The number of hydrogen-bond donors (Lipinski definition) is 2. The molecule has 1 aromatic rings. The summed E-state index contributed by atoms with van der Waals surface area (Å²) < 4.78 is 4.88. The van der Waals surface area contributed by atoms with Gasteiger partial charge in [-0.15, -0.1) is 6.58 Å². The third kappa shape index (κ3) is 4.95. The normalized spacial score (nSPS) is 10.6. The molecule has 0 radical (unpaired) electrons. The molecule has 0 aliphatic rings. The van der Waals surface area contributed by atoms with Crippen LogP contribution in [0.15, 0.2) is 36.9 Å². The molecule has 23 heavy (non-hydrogen) atoms. The van der Waals surface area contributed by atoms with Crippen LogP contribution in [0.3, 0.4) is 0 Å². The van der Waals surface area contributed by atoms with Crippen LogP contribution in [0.2, 0.25) is 0 Å². The van der Waals surface area contributed by atoms with E-state index in [1.54, 1.807) is 37.3 Å². The Morgan fingerprint density at radius 1 is 1.17 bits per heavy atom. The summed E-state index contributed by atoms with van der Waals surface area (Å²) in [6.45, 7) is 8.90. The van der Waals surface area contributed by atoms with Crippen LogP contribution in [0.25, 0.3) is 0 Å². The van der Waals surface area contributed by atoms with E-state index >= 15 is 0 Å². The highest BCUT2D eigenvalue weighted by Gasteiger charge is 2.35. The molecule has 0 aromatic heterocycles. The highest BCUT2D eigenvalue weighted by molar-refractivity contribution is 6.10. The van der Waals surface area contributed by atoms with E-state index in [1.807, 2.05) is 0 Å². The minimum Gasteiger partial charge on any atom is -0.462 e. The molecule has 0 heterocycles. The van der Waals surface area contributed by atoms with Crippen molar-refractivity contribution in [3.63, 3.8) is 0 Å². The van der Waals surface area contributed by atoms with Crippen LogP contribution < -0.4 is 10.6 Å². The number of benzene rings is 1. The van der Waals surface area contributed by atoms with Crippen molar-refractivity contribution in [1.29, 1.82) is 0 Å². The van der Waals surface area contributed by atoms with Crippen LogP contribution in [-0.2, 0) is 14.3 Å². The number of esters is 1. The van der Waals surface area contributed by atoms with Crippen molar-refractivity contribution in [2.45, 2.75) is 20.8 Å². The first kappa shape index (κ1) is 18.4. The van der Waals surface area contributed by atoms with Gasteiger partial charge < -0.3 is 15.4 Å². The summed E-state index contributed by atoms with van der Waals surface area (Å²) in [5.41, 5.74) is -0.344. The molecule has 0 fully saturated rings. The molecule has 124 valence electrons. The molecule has 1 aromatic carbocycles. The minimum absolute atomic E-state index is 0.295. The van der Waals surface area contributed by atoms with Gasteiger partial charge in [0, 0.05) is 12.2 Å². The van der Waals surface area contributed by atoms with Crippen LogP contribution in [0.1, 0.15) is 31.1 Å². The SMILES string of the molecule is C=CCNC(=O)C(C)(C)C(=O)Nc1ccc(C(=O)OCC)cc1. The highest BCUT2D eigenvalue weighted by Crippen LogP contribution is 2.19. The second kappa shape index (κ2) is 8.12. The van der Waals surface area contributed by atoms with Gasteiger partial charge in [-0.1, -0.05) is 6.08 Å². The predicted octanol–water partition coefficient (Wildman–Crippen LogP) is 2.13. The summed E-state index contributed by atoms with van der Waals surface area (Å²) in [7, 11) is 0. The zero-order chi connectivity index (χ0) is 17.5. The van der Waals surface area contributed by atoms with E-state index in [4.69, 9.17) is 4.74 Å². The zero-order valence-electron chi connectivity index (χ0n) is 13.6. The smallest absolute Gasteiger partial charge is 0.338 e. The first-order valence-electron chi connectivity index (χ1n) is 7.30. The van der Waals surface area contributed by atoms with E-state index in [9.17, 15) is 14.4 Å². The maximum Gasteiger partial charge on any atom is 0.338 e. The number of hydrogen-bond acceptors (Lipinski definition) is 4. The van der Waals surface area contributed by atoms with Gasteiger partial charge in [0.25, 0.3) is 0 Å².